The third kappa shape index (κ3) is 4.47. The second-order valence-electron chi connectivity index (χ2n) is 9.35. The molecule has 2 rings (SSSR count). The minimum Gasteiger partial charge on any atom is -0.481 e. The van der Waals surface area contributed by atoms with E-state index in [0.29, 0.717) is 11.5 Å². The van der Waals surface area contributed by atoms with Crippen LogP contribution >= 0.6 is 0 Å². The monoisotopic (exact) mass is 456 g/mol. The lowest BCUT2D eigenvalue weighted by Crippen LogP contribution is -2.66. The Balaban J connectivity index is 2.80. The maximum absolute atomic E-state index is 13.0. The lowest BCUT2D eigenvalue weighted by atomic mass is 9.58. The van der Waals surface area contributed by atoms with Crippen LogP contribution < -0.4 is 0 Å². The Morgan fingerprint density at radius 2 is 1.64 bits per heavy atom. The average Bonchev–Trinajstić information content (AvgIpc) is 3.04. The van der Waals surface area contributed by atoms with E-state index in [1.807, 2.05) is 49.6 Å². The molecule has 0 amide bonds. The lowest BCUT2D eigenvalue weighted by molar-refractivity contribution is -0.216. The molecule has 33 heavy (non-hydrogen) atoms. The van der Waals surface area contributed by atoms with E-state index in [9.17, 15) is 19.8 Å². The van der Waals surface area contributed by atoms with Crippen molar-refractivity contribution in [2.45, 2.75) is 60.5 Å². The Bertz CT molecular complexity index is 1020. The van der Waals surface area contributed by atoms with Crippen molar-refractivity contribution in [1.29, 1.82) is 0 Å². The fourth-order valence-corrected chi connectivity index (χ4v) is 4.99. The van der Waals surface area contributed by atoms with Crippen molar-refractivity contribution in [2.75, 3.05) is 6.61 Å². The van der Waals surface area contributed by atoms with Crippen molar-refractivity contribution >= 4 is 11.9 Å². The quantitative estimate of drug-likeness (QED) is 0.473. The second-order valence-corrected chi connectivity index (χ2v) is 9.35. The number of aromatic nitrogens is 2. The number of carbonyl (C=O) groups is 2. The minimum absolute atomic E-state index is 0.0829. The summed E-state index contributed by atoms with van der Waals surface area (Å²) in [6.45, 7) is 16.2. The number of pyridine rings is 1. The highest BCUT2D eigenvalue weighted by Crippen LogP contribution is 2.49. The van der Waals surface area contributed by atoms with Crippen molar-refractivity contribution in [3.05, 3.63) is 59.6 Å². The number of carboxylic acids is 2. The largest absolute Gasteiger partial charge is 0.481 e. The van der Waals surface area contributed by atoms with Crippen molar-refractivity contribution < 1.29 is 24.5 Å². The van der Waals surface area contributed by atoms with Crippen LogP contribution in [0.5, 0.6) is 0 Å². The number of carboxylic acid groups (broad SMARTS) is 2. The predicted molar refractivity (Wildman–Crippen MR) is 128 cm³/mol. The summed E-state index contributed by atoms with van der Waals surface area (Å²) in [6, 6.07) is 7.73. The summed E-state index contributed by atoms with van der Waals surface area (Å²) in [5, 5.41) is 21.0. The first-order valence-corrected chi connectivity index (χ1v) is 11.2. The SMILES string of the molecule is C=CCOC(C(=O)O)(C(C)C)C(Cc1cc(C)cc(-n2c(C)ccc2C)n1)(C(=O)O)C(C)C. The average molecular weight is 457 g/mol. The van der Waals surface area contributed by atoms with Gasteiger partial charge in [-0.3, -0.25) is 4.79 Å². The van der Waals surface area contributed by atoms with Crippen LogP contribution in [-0.2, 0) is 20.7 Å². The zero-order chi connectivity index (χ0) is 25.1. The van der Waals surface area contributed by atoms with E-state index in [1.165, 1.54) is 6.08 Å². The van der Waals surface area contributed by atoms with E-state index in [0.717, 1.165) is 17.0 Å². The number of aryl methyl sites for hydroxylation is 3. The van der Waals surface area contributed by atoms with Gasteiger partial charge in [-0.2, -0.15) is 0 Å². The highest BCUT2D eigenvalue weighted by atomic mass is 16.5. The van der Waals surface area contributed by atoms with Gasteiger partial charge in [0.2, 0.25) is 0 Å². The maximum Gasteiger partial charge on any atom is 0.337 e. The van der Waals surface area contributed by atoms with Crippen LogP contribution in [0.3, 0.4) is 0 Å². The summed E-state index contributed by atoms with van der Waals surface area (Å²) in [6.07, 6.45) is 1.34. The van der Waals surface area contributed by atoms with Gasteiger partial charge >= 0.3 is 11.9 Å². The topological polar surface area (TPSA) is 102 Å². The smallest absolute Gasteiger partial charge is 0.337 e. The fourth-order valence-electron chi connectivity index (χ4n) is 4.99. The Kier molecular flexibility index (Phi) is 7.91. The standard InChI is InChI=1S/C26H36N2O5/c1-9-12-33-26(17(4)5,24(31)32)25(16(2)3,23(29)30)15-21-13-18(6)14-22(27-21)28-19(7)10-11-20(28)8/h9-11,13-14,16-17H,1,12,15H2,2-8H3,(H,29,30)(H,31,32). The zero-order valence-electron chi connectivity index (χ0n) is 20.7. The first-order chi connectivity index (χ1) is 15.3. The molecule has 0 saturated heterocycles. The molecule has 2 heterocycles. The molecule has 180 valence electrons. The first-order valence-electron chi connectivity index (χ1n) is 11.2. The molecule has 0 aliphatic rings. The van der Waals surface area contributed by atoms with Gasteiger partial charge in [0.15, 0.2) is 5.60 Å². The summed E-state index contributed by atoms with van der Waals surface area (Å²) in [5.74, 6) is -3.06. The Labute approximate surface area is 196 Å². The predicted octanol–water partition coefficient (Wildman–Crippen LogP) is 4.75. The molecule has 2 aromatic rings. The van der Waals surface area contributed by atoms with Crippen LogP contribution in [0.2, 0.25) is 0 Å². The molecule has 2 N–H and O–H groups in total. The van der Waals surface area contributed by atoms with Gasteiger partial charge in [0.05, 0.1) is 6.61 Å². The second kappa shape index (κ2) is 9.91. The van der Waals surface area contributed by atoms with E-state index in [4.69, 9.17) is 9.72 Å². The molecule has 0 aliphatic heterocycles. The molecule has 2 atom stereocenters. The summed E-state index contributed by atoms with van der Waals surface area (Å²) in [5.41, 5.74) is -0.367. The molecule has 0 fully saturated rings. The summed E-state index contributed by atoms with van der Waals surface area (Å²) >= 11 is 0. The molecule has 0 radical (unpaired) electrons. The third-order valence-electron chi connectivity index (χ3n) is 6.56. The molecular weight excluding hydrogens is 420 g/mol. The van der Waals surface area contributed by atoms with Gasteiger partial charge < -0.3 is 19.5 Å². The molecule has 0 bridgehead atoms. The van der Waals surface area contributed by atoms with Crippen LogP contribution in [0.15, 0.2) is 36.9 Å². The molecular formula is C26H36N2O5. The van der Waals surface area contributed by atoms with E-state index in [-0.39, 0.29) is 13.0 Å². The van der Waals surface area contributed by atoms with Gasteiger partial charge in [0.1, 0.15) is 11.2 Å². The lowest BCUT2D eigenvalue weighted by Gasteiger charge is -2.49. The molecule has 2 unspecified atom stereocenters. The number of nitrogens with zero attached hydrogens (tertiary/aromatic N) is 2. The molecule has 0 aromatic carbocycles. The van der Waals surface area contributed by atoms with Crippen molar-refractivity contribution in [2.24, 2.45) is 17.3 Å². The Morgan fingerprint density at radius 3 is 2.06 bits per heavy atom. The number of hydrogen-bond donors (Lipinski definition) is 2. The van der Waals surface area contributed by atoms with Crippen LogP contribution in [0, 0.1) is 38.0 Å². The van der Waals surface area contributed by atoms with Gasteiger partial charge in [-0.05, 0) is 62.4 Å². The number of aliphatic carboxylic acids is 2. The molecule has 7 heteroatoms. The number of hydrogen-bond acceptors (Lipinski definition) is 4. The van der Waals surface area contributed by atoms with E-state index in [1.54, 1.807) is 27.7 Å². The van der Waals surface area contributed by atoms with E-state index < -0.39 is 34.8 Å². The Morgan fingerprint density at radius 1 is 1.06 bits per heavy atom. The minimum atomic E-state index is -1.99. The van der Waals surface area contributed by atoms with E-state index in [2.05, 4.69) is 6.58 Å². The number of ether oxygens (including phenoxy) is 1. The highest BCUT2D eigenvalue weighted by Gasteiger charge is 2.66. The maximum atomic E-state index is 13.0. The molecule has 2 aromatic heterocycles. The highest BCUT2D eigenvalue weighted by molar-refractivity contribution is 5.90. The molecule has 0 spiro atoms. The van der Waals surface area contributed by atoms with Crippen LogP contribution in [-0.4, -0.2) is 43.9 Å². The van der Waals surface area contributed by atoms with Crippen molar-refractivity contribution in [3.63, 3.8) is 0 Å². The van der Waals surface area contributed by atoms with Crippen LogP contribution in [0.25, 0.3) is 5.82 Å². The van der Waals surface area contributed by atoms with Crippen molar-refractivity contribution in [1.82, 2.24) is 9.55 Å². The summed E-state index contributed by atoms with van der Waals surface area (Å²) in [7, 11) is 0. The van der Waals surface area contributed by atoms with Gasteiger partial charge in [0, 0.05) is 23.5 Å². The molecule has 7 nitrogen and oxygen atoms in total. The fraction of sp³-hybridized carbons (Fsp3) is 0.500. The van der Waals surface area contributed by atoms with Gasteiger partial charge in [-0.25, -0.2) is 9.78 Å². The van der Waals surface area contributed by atoms with Gasteiger partial charge in [0.25, 0.3) is 0 Å². The molecule has 0 saturated carbocycles. The van der Waals surface area contributed by atoms with Crippen molar-refractivity contribution in [3.8, 4) is 5.82 Å². The summed E-state index contributed by atoms with van der Waals surface area (Å²) < 4.78 is 7.90. The van der Waals surface area contributed by atoms with Crippen LogP contribution in [0.4, 0.5) is 0 Å². The normalized spacial score (nSPS) is 15.3. The molecule has 0 aliphatic carbocycles. The first kappa shape index (κ1) is 26.3. The van der Waals surface area contributed by atoms with Crippen LogP contribution in [0.1, 0.15) is 50.3 Å². The number of rotatable bonds is 11. The zero-order valence-corrected chi connectivity index (χ0v) is 20.7. The summed E-state index contributed by atoms with van der Waals surface area (Å²) in [4.78, 5) is 30.6. The van der Waals surface area contributed by atoms with Gasteiger partial charge in [-0.1, -0.05) is 33.8 Å². The Hall–Kier alpha value is -2.93. The third-order valence-corrected chi connectivity index (χ3v) is 6.56. The van der Waals surface area contributed by atoms with Gasteiger partial charge in [-0.15, -0.1) is 6.58 Å². The van der Waals surface area contributed by atoms with E-state index >= 15 is 0 Å².